The number of aromatic nitrogens is 2. The Bertz CT molecular complexity index is 936. The number of piperidine rings is 1. The predicted molar refractivity (Wildman–Crippen MR) is 105 cm³/mol. The van der Waals surface area contributed by atoms with Crippen molar-refractivity contribution in [3.05, 3.63) is 53.1 Å². The quantitative estimate of drug-likeness (QED) is 0.675. The molecule has 2 N–H and O–H groups in total. The highest BCUT2D eigenvalue weighted by atomic mass is 19.1. The number of H-pyrrole nitrogens is 1. The van der Waals surface area contributed by atoms with E-state index in [2.05, 4.69) is 41.3 Å². The highest BCUT2D eigenvalue weighted by Crippen LogP contribution is 2.38. The smallest absolute Gasteiger partial charge is 0.128 e. The lowest BCUT2D eigenvalue weighted by molar-refractivity contribution is 0.445. The molecule has 26 heavy (non-hydrogen) atoms. The van der Waals surface area contributed by atoms with E-state index in [1.165, 1.54) is 5.56 Å². The van der Waals surface area contributed by atoms with Gasteiger partial charge in [-0.25, -0.2) is 4.39 Å². The first-order chi connectivity index (χ1) is 12.5. The highest BCUT2D eigenvalue weighted by molar-refractivity contribution is 5.92. The van der Waals surface area contributed by atoms with E-state index in [1.54, 1.807) is 6.07 Å². The summed E-state index contributed by atoms with van der Waals surface area (Å²) >= 11 is 0. The number of pyridine rings is 1. The third-order valence-electron chi connectivity index (χ3n) is 5.50. The van der Waals surface area contributed by atoms with Crippen molar-refractivity contribution in [1.29, 1.82) is 0 Å². The second-order valence-corrected chi connectivity index (χ2v) is 7.70. The van der Waals surface area contributed by atoms with Gasteiger partial charge in [-0.2, -0.15) is 0 Å². The number of nitrogens with one attached hydrogen (secondary N) is 2. The van der Waals surface area contributed by atoms with Crippen LogP contribution in [0.3, 0.4) is 0 Å². The Hall–Kier alpha value is -2.20. The Morgan fingerprint density at radius 1 is 1.15 bits per heavy atom. The van der Waals surface area contributed by atoms with E-state index in [-0.39, 0.29) is 5.82 Å². The van der Waals surface area contributed by atoms with Gasteiger partial charge in [0.2, 0.25) is 0 Å². The first-order valence-electron chi connectivity index (χ1n) is 9.53. The van der Waals surface area contributed by atoms with Gasteiger partial charge in [-0.3, -0.25) is 4.98 Å². The zero-order valence-electron chi connectivity index (χ0n) is 15.7. The van der Waals surface area contributed by atoms with Crippen molar-refractivity contribution < 1.29 is 4.39 Å². The Labute approximate surface area is 154 Å². The van der Waals surface area contributed by atoms with Crippen molar-refractivity contribution in [2.75, 3.05) is 13.1 Å². The summed E-state index contributed by atoms with van der Waals surface area (Å²) in [5, 5.41) is 4.52. The molecule has 0 unspecified atom stereocenters. The minimum absolute atomic E-state index is 0.0848. The molecule has 0 bridgehead atoms. The first kappa shape index (κ1) is 17.2. The van der Waals surface area contributed by atoms with E-state index < -0.39 is 0 Å². The Kier molecular flexibility index (Phi) is 4.53. The first-order valence-corrected chi connectivity index (χ1v) is 9.53. The predicted octanol–water partition coefficient (Wildman–Crippen LogP) is 5.27. The molecule has 0 spiro atoms. The van der Waals surface area contributed by atoms with E-state index >= 15 is 0 Å². The van der Waals surface area contributed by atoms with Crippen LogP contribution in [0.5, 0.6) is 0 Å². The van der Waals surface area contributed by atoms with Gasteiger partial charge in [0.25, 0.3) is 0 Å². The van der Waals surface area contributed by atoms with Gasteiger partial charge in [0.15, 0.2) is 0 Å². The zero-order valence-corrected chi connectivity index (χ0v) is 15.7. The highest BCUT2D eigenvalue weighted by Gasteiger charge is 2.23. The Balaban J connectivity index is 1.90. The summed E-state index contributed by atoms with van der Waals surface area (Å²) in [7, 11) is 0. The van der Waals surface area contributed by atoms with Crippen LogP contribution in [0.25, 0.3) is 22.2 Å². The van der Waals surface area contributed by atoms with Gasteiger partial charge in [0, 0.05) is 28.4 Å². The topological polar surface area (TPSA) is 40.7 Å². The molecule has 0 aliphatic carbocycles. The largest absolute Gasteiger partial charge is 0.354 e. The fraction of sp³-hybridized carbons (Fsp3) is 0.409. The number of benzene rings is 1. The van der Waals surface area contributed by atoms with Gasteiger partial charge in [0.1, 0.15) is 5.82 Å². The van der Waals surface area contributed by atoms with Crippen LogP contribution in [-0.2, 0) is 0 Å². The van der Waals surface area contributed by atoms with E-state index in [1.807, 2.05) is 19.2 Å². The van der Waals surface area contributed by atoms with Gasteiger partial charge in [-0.15, -0.1) is 0 Å². The number of nitrogens with zero attached hydrogens (tertiary/aromatic N) is 1. The maximum Gasteiger partial charge on any atom is 0.128 e. The van der Waals surface area contributed by atoms with Crippen LogP contribution >= 0.6 is 0 Å². The van der Waals surface area contributed by atoms with Crippen LogP contribution in [0, 0.1) is 12.7 Å². The van der Waals surface area contributed by atoms with E-state index in [9.17, 15) is 4.39 Å². The summed E-state index contributed by atoms with van der Waals surface area (Å²) in [6, 6.07) is 7.90. The fourth-order valence-electron chi connectivity index (χ4n) is 4.23. The molecule has 1 saturated heterocycles. The molecule has 1 aliphatic rings. The third kappa shape index (κ3) is 3.03. The normalized spacial score (nSPS) is 15.9. The second kappa shape index (κ2) is 6.84. The SMILES string of the molecule is Cc1cc(-c2[nH]c3cc(F)c(C4CCNCC4)cc3c2C(C)C)ccn1. The van der Waals surface area contributed by atoms with Gasteiger partial charge < -0.3 is 10.3 Å². The maximum atomic E-state index is 14.9. The lowest BCUT2D eigenvalue weighted by Gasteiger charge is -2.23. The van der Waals surface area contributed by atoms with Crippen LogP contribution in [0.2, 0.25) is 0 Å². The van der Waals surface area contributed by atoms with Crippen molar-refractivity contribution in [2.45, 2.75) is 45.4 Å². The molecule has 3 aromatic rings. The average molecular weight is 351 g/mol. The van der Waals surface area contributed by atoms with Crippen LogP contribution in [0.15, 0.2) is 30.5 Å². The molecule has 3 nitrogen and oxygen atoms in total. The molecular formula is C22H26FN3. The summed E-state index contributed by atoms with van der Waals surface area (Å²) < 4.78 is 14.9. The van der Waals surface area contributed by atoms with Crippen molar-refractivity contribution in [1.82, 2.24) is 15.3 Å². The number of halogens is 1. The Morgan fingerprint density at radius 2 is 1.92 bits per heavy atom. The lowest BCUT2D eigenvalue weighted by Crippen LogP contribution is -2.27. The molecular weight excluding hydrogens is 325 g/mol. The fourth-order valence-corrected chi connectivity index (χ4v) is 4.23. The van der Waals surface area contributed by atoms with Crippen LogP contribution in [-0.4, -0.2) is 23.1 Å². The molecule has 0 amide bonds. The molecule has 0 saturated carbocycles. The third-order valence-corrected chi connectivity index (χ3v) is 5.50. The lowest BCUT2D eigenvalue weighted by atomic mass is 9.87. The molecule has 3 heterocycles. The number of hydrogen-bond acceptors (Lipinski definition) is 2. The molecule has 1 aliphatic heterocycles. The number of fused-ring (bicyclic) bond motifs is 1. The monoisotopic (exact) mass is 351 g/mol. The number of aromatic amines is 1. The number of hydrogen-bond donors (Lipinski definition) is 2. The van der Waals surface area contributed by atoms with Crippen LogP contribution in [0.4, 0.5) is 4.39 Å². The molecule has 2 aromatic heterocycles. The molecule has 0 radical (unpaired) electrons. The van der Waals surface area contributed by atoms with Gasteiger partial charge in [0.05, 0.1) is 5.69 Å². The van der Waals surface area contributed by atoms with Gasteiger partial charge in [-0.1, -0.05) is 13.8 Å². The van der Waals surface area contributed by atoms with E-state index in [0.29, 0.717) is 11.8 Å². The maximum absolute atomic E-state index is 14.9. The molecule has 136 valence electrons. The van der Waals surface area contributed by atoms with Crippen molar-refractivity contribution >= 4 is 10.9 Å². The Morgan fingerprint density at radius 3 is 2.62 bits per heavy atom. The van der Waals surface area contributed by atoms with Crippen molar-refractivity contribution in [3.8, 4) is 11.3 Å². The summed E-state index contributed by atoms with van der Waals surface area (Å²) in [5.41, 5.74) is 6.20. The minimum Gasteiger partial charge on any atom is -0.354 e. The number of rotatable bonds is 3. The zero-order chi connectivity index (χ0) is 18.3. The van der Waals surface area contributed by atoms with Crippen LogP contribution in [0.1, 0.15) is 55.3 Å². The number of aryl methyl sites for hydroxylation is 1. The van der Waals surface area contributed by atoms with Gasteiger partial charge in [-0.05, 0) is 80.1 Å². The van der Waals surface area contributed by atoms with Crippen molar-refractivity contribution in [3.63, 3.8) is 0 Å². The molecule has 0 atom stereocenters. The standard InChI is InChI=1S/C22H26FN3/c1-13(2)21-18-11-17(15-4-7-24-8-5-15)19(23)12-20(18)26-22(21)16-6-9-25-14(3)10-16/h6,9-13,15,24,26H,4-5,7-8H2,1-3H3. The summed E-state index contributed by atoms with van der Waals surface area (Å²) in [5.74, 6) is 0.569. The molecule has 1 fully saturated rings. The van der Waals surface area contributed by atoms with Crippen LogP contribution < -0.4 is 5.32 Å². The average Bonchev–Trinajstić information content (AvgIpc) is 3.00. The molecule has 1 aromatic carbocycles. The van der Waals surface area contributed by atoms with E-state index in [0.717, 1.165) is 59.3 Å². The molecule has 4 heteroatoms. The summed E-state index contributed by atoms with van der Waals surface area (Å²) in [4.78, 5) is 7.78. The molecule has 4 rings (SSSR count). The second-order valence-electron chi connectivity index (χ2n) is 7.70. The minimum atomic E-state index is -0.0848. The summed E-state index contributed by atoms with van der Waals surface area (Å²) in [6.45, 7) is 8.33. The van der Waals surface area contributed by atoms with E-state index in [4.69, 9.17) is 0 Å². The van der Waals surface area contributed by atoms with Gasteiger partial charge >= 0.3 is 0 Å². The van der Waals surface area contributed by atoms with Crippen molar-refractivity contribution in [2.24, 2.45) is 0 Å². The summed E-state index contributed by atoms with van der Waals surface area (Å²) in [6.07, 6.45) is 3.84.